The summed E-state index contributed by atoms with van der Waals surface area (Å²) >= 11 is 0. The molecule has 1 fully saturated rings. The molecule has 1 unspecified atom stereocenters. The first kappa shape index (κ1) is 18.0. The number of carbonyl (C=O) groups is 2. The van der Waals surface area contributed by atoms with Crippen molar-refractivity contribution < 1.29 is 19.1 Å². The summed E-state index contributed by atoms with van der Waals surface area (Å²) < 4.78 is 10.6. The molecular weight excluding hydrogens is 306 g/mol. The third-order valence-corrected chi connectivity index (χ3v) is 4.28. The van der Waals surface area contributed by atoms with E-state index in [0.29, 0.717) is 32.5 Å². The molecule has 0 radical (unpaired) electrons. The first-order valence-corrected chi connectivity index (χ1v) is 8.35. The van der Waals surface area contributed by atoms with Crippen LogP contribution in [-0.4, -0.2) is 36.7 Å². The number of likely N-dealkylation sites (tertiary alicyclic amines) is 1. The number of ether oxygens (including phenoxy) is 2. The highest BCUT2D eigenvalue weighted by Gasteiger charge is 2.44. The number of piperidine rings is 1. The average molecular weight is 331 g/mol. The minimum Gasteiger partial charge on any atom is -0.466 e. The van der Waals surface area contributed by atoms with Crippen molar-refractivity contribution in [2.45, 2.75) is 32.8 Å². The maximum absolute atomic E-state index is 12.4. The lowest BCUT2D eigenvalue weighted by atomic mass is 9.77. The van der Waals surface area contributed by atoms with Crippen LogP contribution in [0.4, 0.5) is 4.79 Å². The van der Waals surface area contributed by atoms with Crippen molar-refractivity contribution in [3.8, 4) is 0 Å². The fraction of sp³-hybridized carbons (Fsp3) is 0.474. The Hall–Kier alpha value is -2.30. The van der Waals surface area contributed by atoms with Gasteiger partial charge in [0.15, 0.2) is 0 Å². The van der Waals surface area contributed by atoms with Crippen molar-refractivity contribution >= 4 is 12.1 Å². The molecule has 1 aliphatic heterocycles. The predicted molar refractivity (Wildman–Crippen MR) is 91.3 cm³/mol. The van der Waals surface area contributed by atoms with Crippen LogP contribution in [0.5, 0.6) is 0 Å². The zero-order chi connectivity index (χ0) is 17.4. The van der Waals surface area contributed by atoms with Gasteiger partial charge in [0, 0.05) is 13.1 Å². The van der Waals surface area contributed by atoms with E-state index in [1.807, 2.05) is 30.3 Å². The summed E-state index contributed by atoms with van der Waals surface area (Å²) in [5, 5.41) is 0. The van der Waals surface area contributed by atoms with Crippen LogP contribution < -0.4 is 0 Å². The van der Waals surface area contributed by atoms with Gasteiger partial charge < -0.3 is 14.4 Å². The standard InChI is InChI=1S/C19H25NO4/c1-3-11-19(17(21)23-4-2)12-8-13-20(15-19)18(22)24-14-16-9-6-5-7-10-16/h3,5-7,9-10H,1,4,8,11-15H2,2H3. The van der Waals surface area contributed by atoms with Crippen molar-refractivity contribution in [2.75, 3.05) is 19.7 Å². The smallest absolute Gasteiger partial charge is 0.410 e. The molecule has 5 nitrogen and oxygen atoms in total. The zero-order valence-electron chi connectivity index (χ0n) is 14.2. The van der Waals surface area contributed by atoms with Gasteiger partial charge in [0.05, 0.1) is 12.0 Å². The van der Waals surface area contributed by atoms with Crippen LogP contribution in [0.1, 0.15) is 31.7 Å². The lowest BCUT2D eigenvalue weighted by Crippen LogP contribution is -2.50. The summed E-state index contributed by atoms with van der Waals surface area (Å²) in [6, 6.07) is 9.53. The van der Waals surface area contributed by atoms with Crippen LogP contribution in [0.15, 0.2) is 43.0 Å². The van der Waals surface area contributed by atoms with E-state index in [9.17, 15) is 9.59 Å². The quantitative estimate of drug-likeness (QED) is 0.591. The monoisotopic (exact) mass is 331 g/mol. The summed E-state index contributed by atoms with van der Waals surface area (Å²) in [4.78, 5) is 26.4. The molecule has 1 heterocycles. The molecule has 0 N–H and O–H groups in total. The first-order valence-electron chi connectivity index (χ1n) is 8.35. The topological polar surface area (TPSA) is 55.8 Å². The fourth-order valence-corrected chi connectivity index (χ4v) is 3.08. The Morgan fingerprint density at radius 3 is 2.71 bits per heavy atom. The molecule has 1 saturated heterocycles. The third kappa shape index (κ3) is 4.37. The zero-order valence-corrected chi connectivity index (χ0v) is 14.2. The number of carbonyl (C=O) groups excluding carboxylic acids is 2. The fourth-order valence-electron chi connectivity index (χ4n) is 3.08. The van der Waals surface area contributed by atoms with Gasteiger partial charge in [0.1, 0.15) is 6.61 Å². The van der Waals surface area contributed by atoms with Crippen molar-refractivity contribution in [3.63, 3.8) is 0 Å². The van der Waals surface area contributed by atoms with E-state index >= 15 is 0 Å². The van der Waals surface area contributed by atoms with Gasteiger partial charge in [-0.25, -0.2) is 4.79 Å². The molecule has 5 heteroatoms. The summed E-state index contributed by atoms with van der Waals surface area (Å²) in [6.45, 7) is 6.99. The van der Waals surface area contributed by atoms with Gasteiger partial charge in [0.25, 0.3) is 0 Å². The van der Waals surface area contributed by atoms with Gasteiger partial charge >= 0.3 is 12.1 Å². The lowest BCUT2D eigenvalue weighted by molar-refractivity contribution is -0.158. The van der Waals surface area contributed by atoms with E-state index in [4.69, 9.17) is 9.47 Å². The highest BCUT2D eigenvalue weighted by atomic mass is 16.6. The summed E-state index contributed by atoms with van der Waals surface area (Å²) in [5.74, 6) is -0.259. The van der Waals surface area contributed by atoms with Crippen LogP contribution in [0.25, 0.3) is 0 Å². The number of allylic oxidation sites excluding steroid dienone is 1. The number of hydrogen-bond acceptors (Lipinski definition) is 4. The molecule has 24 heavy (non-hydrogen) atoms. The molecular formula is C19H25NO4. The molecule has 0 saturated carbocycles. The highest BCUT2D eigenvalue weighted by molar-refractivity contribution is 5.79. The van der Waals surface area contributed by atoms with Gasteiger partial charge in [-0.3, -0.25) is 4.79 Å². The van der Waals surface area contributed by atoms with E-state index < -0.39 is 11.5 Å². The Balaban J connectivity index is 2.00. The number of benzene rings is 1. The number of nitrogens with zero attached hydrogens (tertiary/aromatic N) is 1. The Kier molecular flexibility index (Phi) is 6.41. The van der Waals surface area contributed by atoms with Gasteiger partial charge in [0.2, 0.25) is 0 Å². The minimum absolute atomic E-state index is 0.226. The summed E-state index contributed by atoms with van der Waals surface area (Å²) in [6.07, 6.45) is 3.26. The summed E-state index contributed by atoms with van der Waals surface area (Å²) in [7, 11) is 0. The number of rotatable bonds is 6. The Morgan fingerprint density at radius 2 is 2.04 bits per heavy atom. The molecule has 0 aliphatic carbocycles. The van der Waals surface area contributed by atoms with Crippen molar-refractivity contribution in [2.24, 2.45) is 5.41 Å². The second-order valence-electron chi connectivity index (χ2n) is 6.06. The Labute approximate surface area is 143 Å². The van der Waals surface area contributed by atoms with E-state index in [2.05, 4.69) is 6.58 Å². The van der Waals surface area contributed by atoms with Gasteiger partial charge in [-0.1, -0.05) is 36.4 Å². The van der Waals surface area contributed by atoms with Gasteiger partial charge in [-0.2, -0.15) is 0 Å². The number of amides is 1. The Bertz CT molecular complexity index is 572. The first-order chi connectivity index (χ1) is 11.6. The molecule has 1 aromatic rings. The van der Waals surface area contributed by atoms with Crippen molar-refractivity contribution in [1.82, 2.24) is 4.90 Å². The van der Waals surface area contributed by atoms with Crippen LogP contribution >= 0.6 is 0 Å². The minimum atomic E-state index is -0.707. The molecule has 2 rings (SSSR count). The molecule has 1 aromatic carbocycles. The van der Waals surface area contributed by atoms with Crippen LogP contribution in [-0.2, 0) is 20.9 Å². The molecule has 130 valence electrons. The van der Waals surface area contributed by atoms with Gasteiger partial charge in [-0.15, -0.1) is 6.58 Å². The molecule has 1 amide bonds. The third-order valence-electron chi connectivity index (χ3n) is 4.28. The second-order valence-corrected chi connectivity index (χ2v) is 6.06. The maximum atomic E-state index is 12.4. The Morgan fingerprint density at radius 1 is 1.29 bits per heavy atom. The van der Waals surface area contributed by atoms with E-state index in [0.717, 1.165) is 12.0 Å². The van der Waals surface area contributed by atoms with Crippen LogP contribution in [0.2, 0.25) is 0 Å². The van der Waals surface area contributed by atoms with Crippen molar-refractivity contribution in [3.05, 3.63) is 48.6 Å². The SMILES string of the molecule is C=CCC1(C(=O)OCC)CCCN(C(=O)OCc2ccccc2)C1. The van der Waals surface area contributed by atoms with E-state index in [1.165, 1.54) is 0 Å². The van der Waals surface area contributed by atoms with E-state index in [1.54, 1.807) is 17.9 Å². The van der Waals surface area contributed by atoms with Crippen molar-refractivity contribution in [1.29, 1.82) is 0 Å². The predicted octanol–water partition coefficient (Wildman–Crippen LogP) is 3.54. The lowest BCUT2D eigenvalue weighted by Gasteiger charge is -2.39. The molecule has 0 bridgehead atoms. The van der Waals surface area contributed by atoms with E-state index in [-0.39, 0.29) is 12.6 Å². The normalized spacial score (nSPS) is 20.3. The molecule has 0 aromatic heterocycles. The summed E-state index contributed by atoms with van der Waals surface area (Å²) in [5.41, 5.74) is 0.229. The highest BCUT2D eigenvalue weighted by Crippen LogP contribution is 2.35. The number of hydrogen-bond donors (Lipinski definition) is 0. The largest absolute Gasteiger partial charge is 0.466 e. The maximum Gasteiger partial charge on any atom is 0.410 e. The second kappa shape index (κ2) is 8.52. The molecule has 0 spiro atoms. The molecule has 1 aliphatic rings. The van der Waals surface area contributed by atoms with Crippen LogP contribution in [0.3, 0.4) is 0 Å². The molecule has 1 atom stereocenters. The van der Waals surface area contributed by atoms with Crippen LogP contribution in [0, 0.1) is 5.41 Å². The average Bonchev–Trinajstić information content (AvgIpc) is 2.61. The number of esters is 1. The van der Waals surface area contributed by atoms with Gasteiger partial charge in [-0.05, 0) is 31.7 Å².